The number of hydrogen-bond acceptors (Lipinski definition) is 4. The van der Waals surface area contributed by atoms with Crippen LogP contribution in [0.3, 0.4) is 0 Å². The van der Waals surface area contributed by atoms with Gasteiger partial charge in [-0.25, -0.2) is 9.18 Å². The minimum atomic E-state index is -1.25. The molecule has 0 radical (unpaired) electrons. The number of pyridine rings is 1. The van der Waals surface area contributed by atoms with Crippen LogP contribution in [-0.2, 0) is 6.54 Å². The van der Waals surface area contributed by atoms with E-state index in [0.717, 1.165) is 31.7 Å². The maximum Gasteiger partial charge on any atom is 0.337 e. The highest BCUT2D eigenvalue weighted by atomic mass is 19.1. The average molecular weight is 400 g/mol. The molecule has 1 aromatic carbocycles. The maximum absolute atomic E-state index is 14.2. The lowest BCUT2D eigenvalue weighted by Gasteiger charge is -2.49. The summed E-state index contributed by atoms with van der Waals surface area (Å²) in [6.45, 7) is 1.37. The Bertz CT molecular complexity index is 997. The topological polar surface area (TPSA) is 91.6 Å². The van der Waals surface area contributed by atoms with Crippen LogP contribution in [-0.4, -0.2) is 39.4 Å². The monoisotopic (exact) mass is 400 g/mol. The van der Waals surface area contributed by atoms with Crippen LogP contribution in [0, 0.1) is 11.2 Å². The number of benzene rings is 1. The normalized spacial score (nSPS) is 23.4. The molecule has 154 valence electrons. The van der Waals surface area contributed by atoms with Crippen molar-refractivity contribution in [3.63, 3.8) is 0 Å². The maximum atomic E-state index is 14.2. The van der Waals surface area contributed by atoms with Crippen LogP contribution >= 0.6 is 0 Å². The molecular weight excluding hydrogens is 375 g/mol. The molecule has 1 spiro atoms. The van der Waals surface area contributed by atoms with Gasteiger partial charge in [0.2, 0.25) is 0 Å². The summed E-state index contributed by atoms with van der Waals surface area (Å²) in [4.78, 5) is 24.7. The molecule has 2 aromatic rings. The summed E-state index contributed by atoms with van der Waals surface area (Å²) in [5.41, 5.74) is -1.89. The van der Waals surface area contributed by atoms with Crippen molar-refractivity contribution < 1.29 is 19.4 Å². The van der Waals surface area contributed by atoms with Gasteiger partial charge in [0.05, 0.1) is 17.7 Å². The van der Waals surface area contributed by atoms with Gasteiger partial charge in [0.1, 0.15) is 5.82 Å². The van der Waals surface area contributed by atoms with Crippen molar-refractivity contribution in [1.82, 2.24) is 9.88 Å². The number of carboxylic acid groups (broad SMARTS) is 1. The zero-order chi connectivity index (χ0) is 20.6. The third-order valence-corrected chi connectivity index (χ3v) is 6.68. The summed E-state index contributed by atoms with van der Waals surface area (Å²) in [6.07, 6.45) is 5.57. The second kappa shape index (κ2) is 7.39. The molecule has 1 saturated carbocycles. The molecule has 1 unspecified atom stereocenters. The van der Waals surface area contributed by atoms with Gasteiger partial charge in [-0.2, -0.15) is 0 Å². The Labute approximate surface area is 168 Å². The molecule has 7 heteroatoms. The molecule has 1 atom stereocenters. The standard InChI is InChI=1S/C22H25FN2O4/c23-18-6-2-1-5-15(18)16-11-19(26)25(12-17(16)20(27)28)14-22(29)9-10-24-13-21(22)7-3-4-8-21/h1-2,5-6,11-12,24,29H,3-4,7-10,13-14H2,(H,27,28). The number of aliphatic hydroxyl groups is 1. The Hall–Kier alpha value is -2.51. The molecule has 0 bridgehead atoms. The zero-order valence-corrected chi connectivity index (χ0v) is 16.2. The van der Waals surface area contributed by atoms with Crippen molar-refractivity contribution in [2.24, 2.45) is 5.41 Å². The molecule has 1 aromatic heterocycles. The molecule has 29 heavy (non-hydrogen) atoms. The first-order valence-corrected chi connectivity index (χ1v) is 10.0. The highest BCUT2D eigenvalue weighted by Gasteiger charge is 2.53. The van der Waals surface area contributed by atoms with E-state index in [2.05, 4.69) is 5.32 Å². The van der Waals surface area contributed by atoms with Crippen LogP contribution in [0.15, 0.2) is 41.3 Å². The molecular formula is C22H25FN2O4. The van der Waals surface area contributed by atoms with Crippen LogP contribution < -0.4 is 10.9 Å². The lowest BCUT2D eigenvalue weighted by Crippen LogP contribution is -2.60. The average Bonchev–Trinajstić information content (AvgIpc) is 3.16. The van der Waals surface area contributed by atoms with E-state index in [4.69, 9.17) is 0 Å². The van der Waals surface area contributed by atoms with Crippen molar-refractivity contribution in [2.45, 2.75) is 44.2 Å². The van der Waals surface area contributed by atoms with Crippen molar-refractivity contribution in [2.75, 3.05) is 13.1 Å². The SMILES string of the molecule is O=C(O)c1cn(CC2(O)CCNCC23CCCC3)c(=O)cc1-c1ccccc1F. The Morgan fingerprint density at radius 3 is 2.59 bits per heavy atom. The first kappa shape index (κ1) is 19.8. The first-order chi connectivity index (χ1) is 13.9. The molecule has 0 amide bonds. The van der Waals surface area contributed by atoms with Crippen molar-refractivity contribution in [3.8, 4) is 11.1 Å². The van der Waals surface area contributed by atoms with Gasteiger partial charge in [-0.3, -0.25) is 4.79 Å². The van der Waals surface area contributed by atoms with E-state index in [9.17, 15) is 24.2 Å². The predicted molar refractivity (Wildman–Crippen MR) is 106 cm³/mol. The minimum Gasteiger partial charge on any atom is -0.478 e. The molecule has 6 nitrogen and oxygen atoms in total. The van der Waals surface area contributed by atoms with Gasteiger partial charge in [0.25, 0.3) is 5.56 Å². The molecule has 3 N–H and O–H groups in total. The van der Waals surface area contributed by atoms with Crippen LogP contribution in [0.1, 0.15) is 42.5 Å². The summed E-state index contributed by atoms with van der Waals surface area (Å²) < 4.78 is 15.5. The molecule has 2 aliphatic rings. The highest BCUT2D eigenvalue weighted by Crippen LogP contribution is 2.49. The fraction of sp³-hybridized carbons (Fsp3) is 0.455. The fourth-order valence-corrected chi connectivity index (χ4v) is 5.04. The second-order valence-corrected chi connectivity index (χ2v) is 8.30. The van der Waals surface area contributed by atoms with E-state index in [0.29, 0.717) is 19.5 Å². The van der Waals surface area contributed by atoms with Crippen molar-refractivity contribution in [3.05, 3.63) is 58.3 Å². The third-order valence-electron chi connectivity index (χ3n) is 6.68. The Morgan fingerprint density at radius 2 is 1.90 bits per heavy atom. The fourth-order valence-electron chi connectivity index (χ4n) is 5.04. The zero-order valence-electron chi connectivity index (χ0n) is 16.2. The molecule has 2 fully saturated rings. The largest absolute Gasteiger partial charge is 0.478 e. The van der Waals surface area contributed by atoms with Crippen LogP contribution in [0.25, 0.3) is 11.1 Å². The quantitative estimate of drug-likeness (QED) is 0.734. The minimum absolute atomic E-state index is 0.0331. The van der Waals surface area contributed by atoms with Gasteiger partial charge >= 0.3 is 5.97 Å². The second-order valence-electron chi connectivity index (χ2n) is 8.30. The lowest BCUT2D eigenvalue weighted by molar-refractivity contribution is -0.115. The molecule has 1 aliphatic carbocycles. The van der Waals surface area contributed by atoms with Crippen molar-refractivity contribution >= 4 is 5.97 Å². The van der Waals surface area contributed by atoms with E-state index in [1.807, 2.05) is 0 Å². The Morgan fingerprint density at radius 1 is 1.17 bits per heavy atom. The van der Waals surface area contributed by atoms with Gasteiger partial charge in [0.15, 0.2) is 0 Å². The lowest BCUT2D eigenvalue weighted by atomic mass is 9.66. The molecule has 4 rings (SSSR count). The number of halogens is 1. The summed E-state index contributed by atoms with van der Waals surface area (Å²) in [5.74, 6) is -1.83. The summed E-state index contributed by atoms with van der Waals surface area (Å²) in [6, 6.07) is 6.95. The predicted octanol–water partition coefficient (Wildman–Crippen LogP) is 2.64. The number of hydrogen-bond donors (Lipinski definition) is 3. The van der Waals surface area contributed by atoms with E-state index in [1.54, 1.807) is 6.07 Å². The first-order valence-electron chi connectivity index (χ1n) is 10.0. The number of rotatable bonds is 4. The third kappa shape index (κ3) is 3.38. The van der Waals surface area contributed by atoms with E-state index >= 15 is 0 Å². The summed E-state index contributed by atoms with van der Waals surface area (Å²) >= 11 is 0. The van der Waals surface area contributed by atoms with Crippen LogP contribution in [0.5, 0.6) is 0 Å². The van der Waals surface area contributed by atoms with E-state index in [-0.39, 0.29) is 28.7 Å². The van der Waals surface area contributed by atoms with Crippen molar-refractivity contribution in [1.29, 1.82) is 0 Å². The van der Waals surface area contributed by atoms with E-state index in [1.165, 1.54) is 29.0 Å². The number of aromatic carboxylic acids is 1. The smallest absolute Gasteiger partial charge is 0.337 e. The number of carbonyl (C=O) groups is 1. The molecule has 2 heterocycles. The summed E-state index contributed by atoms with van der Waals surface area (Å²) in [5, 5.41) is 24.6. The number of aromatic nitrogens is 1. The van der Waals surface area contributed by atoms with Gasteiger partial charge in [-0.15, -0.1) is 0 Å². The summed E-state index contributed by atoms with van der Waals surface area (Å²) in [7, 11) is 0. The number of piperidine rings is 1. The number of nitrogens with one attached hydrogen (secondary N) is 1. The van der Waals surface area contributed by atoms with Gasteiger partial charge in [-0.1, -0.05) is 31.0 Å². The molecule has 1 saturated heterocycles. The van der Waals surface area contributed by atoms with Crippen LogP contribution in [0.4, 0.5) is 4.39 Å². The Kier molecular flexibility index (Phi) is 5.04. The number of carboxylic acids is 1. The van der Waals surface area contributed by atoms with Gasteiger partial charge in [-0.05, 0) is 31.9 Å². The highest BCUT2D eigenvalue weighted by molar-refractivity contribution is 5.95. The van der Waals surface area contributed by atoms with Gasteiger partial charge < -0.3 is 20.1 Å². The van der Waals surface area contributed by atoms with E-state index < -0.39 is 22.9 Å². The number of nitrogens with zero attached hydrogens (tertiary/aromatic N) is 1. The van der Waals surface area contributed by atoms with Crippen LogP contribution in [0.2, 0.25) is 0 Å². The molecule has 1 aliphatic heterocycles. The Balaban J connectivity index is 1.77. The van der Waals surface area contributed by atoms with Gasteiger partial charge in [0, 0.05) is 35.3 Å².